The highest BCUT2D eigenvalue weighted by atomic mass is 15.2. The molecule has 0 amide bonds. The Morgan fingerprint density at radius 2 is 2.06 bits per heavy atom. The van der Waals surface area contributed by atoms with E-state index in [1.807, 2.05) is 0 Å². The molecule has 2 rings (SSSR count). The molecule has 18 heavy (non-hydrogen) atoms. The first-order valence-electron chi connectivity index (χ1n) is 6.89. The first-order valence-corrected chi connectivity index (χ1v) is 6.89. The molecule has 1 saturated heterocycles. The van der Waals surface area contributed by atoms with Gasteiger partial charge in [-0.1, -0.05) is 12.1 Å². The topological polar surface area (TPSA) is 18.5 Å². The maximum absolute atomic E-state index is 3.41. The van der Waals surface area contributed by atoms with Crippen molar-refractivity contribution in [1.29, 1.82) is 0 Å². The molecule has 1 aliphatic heterocycles. The van der Waals surface area contributed by atoms with Crippen LogP contribution in [0.5, 0.6) is 0 Å². The number of benzene rings is 1. The molecule has 0 aliphatic carbocycles. The second kappa shape index (κ2) is 6.21. The molecule has 0 saturated carbocycles. The van der Waals surface area contributed by atoms with Crippen molar-refractivity contribution in [1.82, 2.24) is 10.2 Å². The van der Waals surface area contributed by atoms with Gasteiger partial charge in [0.25, 0.3) is 0 Å². The van der Waals surface area contributed by atoms with E-state index in [1.54, 1.807) is 0 Å². The van der Waals surface area contributed by atoms with Gasteiger partial charge < -0.3 is 10.2 Å². The van der Waals surface area contributed by atoms with E-state index in [0.717, 1.165) is 19.6 Å². The summed E-state index contributed by atoms with van der Waals surface area (Å²) >= 11 is 0. The minimum atomic E-state index is 0.609. The van der Waals surface area contributed by atoms with E-state index < -0.39 is 0 Å². The van der Waals surface area contributed by atoms with E-state index in [2.05, 4.69) is 60.3 Å². The number of hydrogen-bond donors (Lipinski definition) is 1. The SMILES string of the molecule is Cc1cccc(N(C)CC(C)N2CCNCC2)c1. The number of piperazine rings is 1. The molecule has 1 heterocycles. The monoisotopic (exact) mass is 247 g/mol. The number of likely N-dealkylation sites (N-methyl/N-ethyl adjacent to an activating group) is 1. The second-order valence-electron chi connectivity index (χ2n) is 5.35. The minimum Gasteiger partial charge on any atom is -0.373 e. The maximum Gasteiger partial charge on any atom is 0.0366 e. The lowest BCUT2D eigenvalue weighted by atomic mass is 10.2. The van der Waals surface area contributed by atoms with Gasteiger partial charge in [0.1, 0.15) is 0 Å². The van der Waals surface area contributed by atoms with Gasteiger partial charge in [-0.3, -0.25) is 4.90 Å². The number of nitrogens with zero attached hydrogens (tertiary/aromatic N) is 2. The average molecular weight is 247 g/mol. The molecular formula is C15H25N3. The Labute approximate surface area is 111 Å². The third-order valence-corrected chi connectivity index (χ3v) is 3.76. The molecule has 1 fully saturated rings. The van der Waals surface area contributed by atoms with Gasteiger partial charge >= 0.3 is 0 Å². The fourth-order valence-corrected chi connectivity index (χ4v) is 2.61. The summed E-state index contributed by atoms with van der Waals surface area (Å²) in [5, 5.41) is 3.41. The molecule has 0 radical (unpaired) electrons. The average Bonchev–Trinajstić information content (AvgIpc) is 2.39. The molecule has 1 aromatic carbocycles. The van der Waals surface area contributed by atoms with Crippen molar-refractivity contribution in [3.8, 4) is 0 Å². The quantitative estimate of drug-likeness (QED) is 0.874. The first kappa shape index (κ1) is 13.4. The van der Waals surface area contributed by atoms with E-state index in [9.17, 15) is 0 Å². The van der Waals surface area contributed by atoms with Crippen molar-refractivity contribution < 1.29 is 0 Å². The summed E-state index contributed by atoms with van der Waals surface area (Å²) in [7, 11) is 2.19. The van der Waals surface area contributed by atoms with Crippen LogP contribution in [0.1, 0.15) is 12.5 Å². The molecule has 1 atom stereocenters. The van der Waals surface area contributed by atoms with Crippen LogP contribution in [0.15, 0.2) is 24.3 Å². The van der Waals surface area contributed by atoms with E-state index in [-0.39, 0.29) is 0 Å². The van der Waals surface area contributed by atoms with Crippen LogP contribution in [0.25, 0.3) is 0 Å². The lowest BCUT2D eigenvalue weighted by molar-refractivity contribution is 0.187. The lowest BCUT2D eigenvalue weighted by Crippen LogP contribution is -2.50. The molecule has 1 unspecified atom stereocenters. The van der Waals surface area contributed by atoms with Crippen LogP contribution in [0, 0.1) is 6.92 Å². The minimum absolute atomic E-state index is 0.609. The Kier molecular flexibility index (Phi) is 4.61. The zero-order valence-electron chi connectivity index (χ0n) is 11.8. The van der Waals surface area contributed by atoms with Gasteiger partial charge in [-0.25, -0.2) is 0 Å². The van der Waals surface area contributed by atoms with E-state index in [4.69, 9.17) is 0 Å². The van der Waals surface area contributed by atoms with Crippen molar-refractivity contribution >= 4 is 5.69 Å². The van der Waals surface area contributed by atoms with Gasteiger partial charge in [-0.2, -0.15) is 0 Å². The Bertz CT molecular complexity index is 372. The maximum atomic E-state index is 3.41. The highest BCUT2D eigenvalue weighted by Gasteiger charge is 2.17. The molecular weight excluding hydrogens is 222 g/mol. The fraction of sp³-hybridized carbons (Fsp3) is 0.600. The Hall–Kier alpha value is -1.06. The summed E-state index contributed by atoms with van der Waals surface area (Å²) in [4.78, 5) is 4.93. The second-order valence-corrected chi connectivity index (χ2v) is 5.35. The summed E-state index contributed by atoms with van der Waals surface area (Å²) in [6.45, 7) is 10.2. The molecule has 0 bridgehead atoms. The molecule has 3 nitrogen and oxygen atoms in total. The van der Waals surface area contributed by atoms with E-state index in [1.165, 1.54) is 24.3 Å². The van der Waals surface area contributed by atoms with E-state index >= 15 is 0 Å². The third kappa shape index (κ3) is 3.47. The van der Waals surface area contributed by atoms with Crippen molar-refractivity contribution in [2.45, 2.75) is 19.9 Å². The Balaban J connectivity index is 1.91. The zero-order valence-corrected chi connectivity index (χ0v) is 11.8. The van der Waals surface area contributed by atoms with Gasteiger partial charge in [-0.05, 0) is 31.5 Å². The van der Waals surface area contributed by atoms with Gasteiger partial charge in [0.05, 0.1) is 0 Å². The van der Waals surface area contributed by atoms with E-state index in [0.29, 0.717) is 6.04 Å². The number of rotatable bonds is 4. The standard InChI is InChI=1S/C15H25N3/c1-13-5-4-6-15(11-13)17(3)12-14(2)18-9-7-16-8-10-18/h4-6,11,14,16H,7-10,12H2,1-3H3. The summed E-state index contributed by atoms with van der Waals surface area (Å²) in [5.41, 5.74) is 2.64. The third-order valence-electron chi connectivity index (χ3n) is 3.76. The largest absolute Gasteiger partial charge is 0.373 e. The van der Waals surface area contributed by atoms with Crippen LogP contribution in [0.2, 0.25) is 0 Å². The molecule has 3 heteroatoms. The van der Waals surface area contributed by atoms with Crippen LogP contribution in [0.3, 0.4) is 0 Å². The zero-order chi connectivity index (χ0) is 13.0. The van der Waals surface area contributed by atoms with Crippen LogP contribution < -0.4 is 10.2 Å². The summed E-state index contributed by atoms with van der Waals surface area (Å²) < 4.78 is 0. The molecule has 1 N–H and O–H groups in total. The molecule has 0 spiro atoms. The summed E-state index contributed by atoms with van der Waals surface area (Å²) in [5.74, 6) is 0. The van der Waals surface area contributed by atoms with Crippen molar-refractivity contribution in [2.75, 3.05) is 44.7 Å². The first-order chi connectivity index (χ1) is 8.66. The van der Waals surface area contributed by atoms with Crippen LogP contribution in [-0.2, 0) is 0 Å². The molecule has 1 aromatic rings. The fourth-order valence-electron chi connectivity index (χ4n) is 2.61. The highest BCUT2D eigenvalue weighted by Crippen LogP contribution is 2.15. The summed E-state index contributed by atoms with van der Waals surface area (Å²) in [6.07, 6.45) is 0. The van der Waals surface area contributed by atoms with Gasteiger partial charge in [-0.15, -0.1) is 0 Å². The number of anilines is 1. The lowest BCUT2D eigenvalue weighted by Gasteiger charge is -2.35. The van der Waals surface area contributed by atoms with Gasteiger partial charge in [0.2, 0.25) is 0 Å². The molecule has 0 aromatic heterocycles. The van der Waals surface area contributed by atoms with Crippen molar-refractivity contribution in [3.05, 3.63) is 29.8 Å². The highest BCUT2D eigenvalue weighted by molar-refractivity contribution is 5.47. The van der Waals surface area contributed by atoms with Gasteiger partial charge in [0, 0.05) is 51.5 Å². The van der Waals surface area contributed by atoms with Crippen LogP contribution >= 0.6 is 0 Å². The normalized spacial score (nSPS) is 18.6. The number of hydrogen-bond acceptors (Lipinski definition) is 3. The van der Waals surface area contributed by atoms with Crippen molar-refractivity contribution in [3.63, 3.8) is 0 Å². The Morgan fingerprint density at radius 1 is 1.33 bits per heavy atom. The number of nitrogens with one attached hydrogen (secondary N) is 1. The van der Waals surface area contributed by atoms with Crippen LogP contribution in [-0.4, -0.2) is 50.7 Å². The number of aryl methyl sites for hydroxylation is 1. The predicted octanol–water partition coefficient (Wildman–Crippen LogP) is 1.72. The molecule has 1 aliphatic rings. The predicted molar refractivity (Wildman–Crippen MR) is 78.4 cm³/mol. The summed E-state index contributed by atoms with van der Waals surface area (Å²) in [6, 6.07) is 9.34. The Morgan fingerprint density at radius 3 is 2.72 bits per heavy atom. The van der Waals surface area contributed by atoms with Crippen molar-refractivity contribution in [2.24, 2.45) is 0 Å². The van der Waals surface area contributed by atoms with Crippen LogP contribution in [0.4, 0.5) is 5.69 Å². The molecule has 100 valence electrons. The van der Waals surface area contributed by atoms with Gasteiger partial charge in [0.15, 0.2) is 0 Å². The smallest absolute Gasteiger partial charge is 0.0366 e.